The summed E-state index contributed by atoms with van der Waals surface area (Å²) in [7, 11) is 0. The third-order valence-corrected chi connectivity index (χ3v) is 4.15. The minimum absolute atomic E-state index is 0.0990. The van der Waals surface area contributed by atoms with Crippen molar-refractivity contribution in [3.63, 3.8) is 0 Å². The van der Waals surface area contributed by atoms with Crippen molar-refractivity contribution in [2.45, 2.75) is 37.9 Å². The highest BCUT2D eigenvalue weighted by molar-refractivity contribution is 5.90. The van der Waals surface area contributed by atoms with Gasteiger partial charge in [-0.3, -0.25) is 9.36 Å². The van der Waals surface area contributed by atoms with E-state index in [0.29, 0.717) is 37.9 Å². The summed E-state index contributed by atoms with van der Waals surface area (Å²) in [5, 5.41) is 10.9. The molecule has 1 N–H and O–H groups in total. The average Bonchev–Trinajstić information content (AvgIpc) is 3.41. The molecule has 0 saturated heterocycles. The molecule has 26 heavy (non-hydrogen) atoms. The van der Waals surface area contributed by atoms with E-state index in [1.807, 2.05) is 24.3 Å². The SMILES string of the molecule is C#CCCC1(CCC(=O)Nc2cccc(Cn3cccnc3=O)c2)N=N1. The molecule has 1 aromatic carbocycles. The van der Waals surface area contributed by atoms with Gasteiger partial charge < -0.3 is 5.32 Å². The fraction of sp³-hybridized carbons (Fsp3) is 0.316. The molecule has 3 rings (SSSR count). The number of nitrogens with one attached hydrogen (secondary N) is 1. The summed E-state index contributed by atoms with van der Waals surface area (Å²) in [6.07, 6.45) is 10.6. The first-order valence-electron chi connectivity index (χ1n) is 8.38. The predicted molar refractivity (Wildman–Crippen MR) is 97.6 cm³/mol. The van der Waals surface area contributed by atoms with Gasteiger partial charge in [-0.25, -0.2) is 9.78 Å². The molecule has 0 radical (unpaired) electrons. The van der Waals surface area contributed by atoms with E-state index in [4.69, 9.17) is 6.42 Å². The van der Waals surface area contributed by atoms with Crippen LogP contribution in [-0.4, -0.2) is 21.1 Å². The second-order valence-corrected chi connectivity index (χ2v) is 6.17. The molecular weight excluding hydrogens is 330 g/mol. The third-order valence-electron chi connectivity index (χ3n) is 4.15. The van der Waals surface area contributed by atoms with Gasteiger partial charge in [0.05, 0.1) is 6.54 Å². The Morgan fingerprint density at radius 2 is 2.12 bits per heavy atom. The molecule has 132 valence electrons. The van der Waals surface area contributed by atoms with Crippen LogP contribution in [0.15, 0.2) is 57.7 Å². The number of terminal acetylenes is 1. The molecular formula is C19H19N5O2. The lowest BCUT2D eigenvalue weighted by Gasteiger charge is -2.10. The minimum atomic E-state index is -0.451. The van der Waals surface area contributed by atoms with E-state index in [9.17, 15) is 9.59 Å². The molecule has 0 saturated carbocycles. The highest BCUT2D eigenvalue weighted by Crippen LogP contribution is 2.37. The molecule has 0 aliphatic carbocycles. The number of rotatable bonds is 8. The summed E-state index contributed by atoms with van der Waals surface area (Å²) < 4.78 is 1.51. The third kappa shape index (κ3) is 4.63. The van der Waals surface area contributed by atoms with Gasteiger partial charge in [0.25, 0.3) is 0 Å². The molecule has 1 aliphatic rings. The summed E-state index contributed by atoms with van der Waals surface area (Å²) in [6, 6.07) is 9.10. The number of benzene rings is 1. The smallest absolute Gasteiger partial charge is 0.326 e. The van der Waals surface area contributed by atoms with E-state index >= 15 is 0 Å². The fourth-order valence-corrected chi connectivity index (χ4v) is 2.66. The van der Waals surface area contributed by atoms with E-state index in [1.165, 1.54) is 10.8 Å². The predicted octanol–water partition coefficient (Wildman–Crippen LogP) is 2.59. The molecule has 1 amide bonds. The van der Waals surface area contributed by atoms with E-state index in [0.717, 1.165) is 5.56 Å². The average molecular weight is 349 g/mol. The maximum Gasteiger partial charge on any atom is 0.347 e. The number of hydrogen-bond donors (Lipinski definition) is 1. The van der Waals surface area contributed by atoms with Crippen LogP contribution in [0.5, 0.6) is 0 Å². The van der Waals surface area contributed by atoms with Crippen molar-refractivity contribution >= 4 is 11.6 Å². The molecule has 2 aromatic rings. The minimum Gasteiger partial charge on any atom is -0.326 e. The lowest BCUT2D eigenvalue weighted by Crippen LogP contribution is -2.22. The highest BCUT2D eigenvalue weighted by Gasteiger charge is 2.39. The molecule has 0 unspecified atom stereocenters. The van der Waals surface area contributed by atoms with Crippen molar-refractivity contribution in [3.05, 3.63) is 58.8 Å². The Labute approximate surface area is 151 Å². The van der Waals surface area contributed by atoms with E-state index < -0.39 is 5.66 Å². The second-order valence-electron chi connectivity index (χ2n) is 6.17. The van der Waals surface area contributed by atoms with Gasteiger partial charge in [-0.1, -0.05) is 12.1 Å². The van der Waals surface area contributed by atoms with Crippen LogP contribution < -0.4 is 11.0 Å². The first kappa shape index (κ1) is 17.5. The Hall–Kier alpha value is -3.27. The van der Waals surface area contributed by atoms with E-state index in [1.54, 1.807) is 12.3 Å². The Kier molecular flexibility index (Phi) is 5.23. The number of aromatic nitrogens is 2. The molecule has 1 aliphatic heterocycles. The Morgan fingerprint density at radius 1 is 1.27 bits per heavy atom. The molecule has 0 atom stereocenters. The summed E-state index contributed by atoms with van der Waals surface area (Å²) in [5.41, 5.74) is 0.825. The summed E-state index contributed by atoms with van der Waals surface area (Å²) in [6.45, 7) is 0.392. The number of carbonyl (C=O) groups excluding carboxylic acids is 1. The van der Waals surface area contributed by atoms with Gasteiger partial charge in [-0.05, 0) is 23.8 Å². The van der Waals surface area contributed by atoms with Gasteiger partial charge in [-0.2, -0.15) is 10.2 Å². The fourth-order valence-electron chi connectivity index (χ4n) is 2.66. The number of nitrogens with zero attached hydrogens (tertiary/aromatic N) is 4. The number of amides is 1. The molecule has 0 bridgehead atoms. The largest absolute Gasteiger partial charge is 0.347 e. The van der Waals surface area contributed by atoms with Crippen LogP contribution in [0.4, 0.5) is 5.69 Å². The van der Waals surface area contributed by atoms with Crippen LogP contribution in [0, 0.1) is 12.3 Å². The van der Waals surface area contributed by atoms with Crippen molar-refractivity contribution in [1.29, 1.82) is 0 Å². The quantitative estimate of drug-likeness (QED) is 0.743. The molecule has 0 fully saturated rings. The molecule has 2 heterocycles. The van der Waals surface area contributed by atoms with Crippen LogP contribution in [0.25, 0.3) is 0 Å². The van der Waals surface area contributed by atoms with Crippen molar-refractivity contribution in [1.82, 2.24) is 9.55 Å². The molecule has 1 aromatic heterocycles. The maximum atomic E-state index is 12.2. The monoisotopic (exact) mass is 349 g/mol. The standard InChI is InChI=1S/C19H19N5O2/c1-2-3-9-19(22-23-19)10-8-17(25)21-16-7-4-6-15(13-16)14-24-12-5-11-20-18(24)26/h1,4-7,11-13H,3,8-10,14H2,(H,21,25). The molecule has 7 heteroatoms. The first-order valence-corrected chi connectivity index (χ1v) is 8.38. The van der Waals surface area contributed by atoms with Crippen LogP contribution in [-0.2, 0) is 11.3 Å². The van der Waals surface area contributed by atoms with Crippen LogP contribution in [0.3, 0.4) is 0 Å². The zero-order chi connectivity index (χ0) is 18.4. The van der Waals surface area contributed by atoms with Gasteiger partial charge in [0.15, 0.2) is 5.66 Å². The van der Waals surface area contributed by atoms with Gasteiger partial charge in [0.2, 0.25) is 5.91 Å². The zero-order valence-electron chi connectivity index (χ0n) is 14.3. The first-order chi connectivity index (χ1) is 12.6. The van der Waals surface area contributed by atoms with E-state index in [2.05, 4.69) is 26.4 Å². The topological polar surface area (TPSA) is 88.7 Å². The highest BCUT2D eigenvalue weighted by atomic mass is 16.2. The van der Waals surface area contributed by atoms with Gasteiger partial charge in [0, 0.05) is 43.8 Å². The lowest BCUT2D eigenvalue weighted by atomic mass is 10.0. The van der Waals surface area contributed by atoms with Crippen molar-refractivity contribution in [2.75, 3.05) is 5.32 Å². The van der Waals surface area contributed by atoms with Crippen molar-refractivity contribution in [2.24, 2.45) is 10.2 Å². The van der Waals surface area contributed by atoms with Gasteiger partial charge in [-0.15, -0.1) is 12.3 Å². The Bertz CT molecular complexity index is 920. The Balaban J connectivity index is 1.55. The summed E-state index contributed by atoms with van der Waals surface area (Å²) in [4.78, 5) is 27.6. The van der Waals surface area contributed by atoms with Crippen LogP contribution in [0.2, 0.25) is 0 Å². The normalized spacial score (nSPS) is 13.8. The van der Waals surface area contributed by atoms with Crippen molar-refractivity contribution in [3.8, 4) is 12.3 Å². The van der Waals surface area contributed by atoms with Crippen LogP contribution >= 0.6 is 0 Å². The van der Waals surface area contributed by atoms with Gasteiger partial charge >= 0.3 is 5.69 Å². The molecule has 7 nitrogen and oxygen atoms in total. The maximum absolute atomic E-state index is 12.2. The Morgan fingerprint density at radius 3 is 2.85 bits per heavy atom. The van der Waals surface area contributed by atoms with E-state index in [-0.39, 0.29) is 11.6 Å². The summed E-state index contributed by atoms with van der Waals surface area (Å²) >= 11 is 0. The van der Waals surface area contributed by atoms with Crippen molar-refractivity contribution < 1.29 is 4.79 Å². The summed E-state index contributed by atoms with van der Waals surface area (Å²) in [5.74, 6) is 2.47. The molecule has 0 spiro atoms. The van der Waals surface area contributed by atoms with Gasteiger partial charge in [0.1, 0.15) is 0 Å². The van der Waals surface area contributed by atoms with Crippen LogP contribution in [0.1, 0.15) is 31.2 Å². The number of anilines is 1. The zero-order valence-corrected chi connectivity index (χ0v) is 14.3. The second kappa shape index (κ2) is 7.74. The lowest BCUT2D eigenvalue weighted by molar-refractivity contribution is -0.116. The number of carbonyl (C=O) groups is 1. The number of hydrogen-bond acceptors (Lipinski definition) is 5.